The molecule has 0 atom stereocenters. The molecule has 2 aromatic rings. The Labute approximate surface area is 94.7 Å². The lowest BCUT2D eigenvalue weighted by Crippen LogP contribution is -2.11. The van der Waals surface area contributed by atoms with Gasteiger partial charge in [0.05, 0.1) is 18.3 Å². The van der Waals surface area contributed by atoms with Gasteiger partial charge in [0.25, 0.3) is 5.91 Å². The maximum Gasteiger partial charge on any atom is 0.268 e. The van der Waals surface area contributed by atoms with Crippen LogP contribution < -0.4 is 5.73 Å². The Morgan fingerprint density at radius 1 is 1.62 bits per heavy atom. The third kappa shape index (κ3) is 2.14. The van der Waals surface area contributed by atoms with E-state index in [2.05, 4.69) is 10.1 Å². The molecule has 7 heteroatoms. The molecule has 0 unspecified atom stereocenters. The maximum atomic E-state index is 10.8. The molecule has 2 heterocycles. The van der Waals surface area contributed by atoms with Gasteiger partial charge in [-0.25, -0.2) is 4.98 Å². The molecule has 0 aliphatic heterocycles. The van der Waals surface area contributed by atoms with Crippen LogP contribution in [0.4, 0.5) is 0 Å². The predicted octanol–water partition coefficient (Wildman–Crippen LogP) is 0.299. The number of hydrogen-bond acceptors (Lipinski definition) is 5. The molecule has 0 saturated heterocycles. The number of aldehydes is 1. The molecular formula is C9H8N4O2S. The van der Waals surface area contributed by atoms with Gasteiger partial charge >= 0.3 is 0 Å². The second kappa shape index (κ2) is 4.23. The number of aromatic nitrogens is 3. The quantitative estimate of drug-likeness (QED) is 0.773. The Hall–Kier alpha value is -2.02. The van der Waals surface area contributed by atoms with Crippen molar-refractivity contribution >= 4 is 23.5 Å². The first-order valence-corrected chi connectivity index (χ1v) is 5.29. The lowest BCUT2D eigenvalue weighted by atomic mass is 10.4. The number of hydrogen-bond donors (Lipinski definition) is 1. The summed E-state index contributed by atoms with van der Waals surface area (Å²) < 4.78 is 1.58. The molecule has 0 radical (unpaired) electrons. The summed E-state index contributed by atoms with van der Waals surface area (Å²) in [4.78, 5) is 25.3. The molecule has 2 rings (SSSR count). The van der Waals surface area contributed by atoms with Gasteiger partial charge in [-0.2, -0.15) is 5.10 Å². The van der Waals surface area contributed by atoms with Crippen LogP contribution >= 0.6 is 11.3 Å². The summed E-state index contributed by atoms with van der Waals surface area (Å²) in [5.74, 6) is -0.545. The molecule has 0 aliphatic carbocycles. The lowest BCUT2D eigenvalue weighted by molar-refractivity contribution is 0.0995. The lowest BCUT2D eigenvalue weighted by Gasteiger charge is -1.95. The van der Waals surface area contributed by atoms with Crippen LogP contribution in [0.15, 0.2) is 17.8 Å². The van der Waals surface area contributed by atoms with Gasteiger partial charge in [0.1, 0.15) is 10.7 Å². The van der Waals surface area contributed by atoms with Gasteiger partial charge in [-0.05, 0) is 0 Å². The molecule has 0 fully saturated rings. The Morgan fingerprint density at radius 3 is 3.00 bits per heavy atom. The van der Waals surface area contributed by atoms with Crippen molar-refractivity contribution < 1.29 is 9.59 Å². The number of nitrogens with two attached hydrogens (primary N) is 1. The summed E-state index contributed by atoms with van der Waals surface area (Å²) in [7, 11) is 0. The minimum atomic E-state index is -0.545. The van der Waals surface area contributed by atoms with E-state index in [0.717, 1.165) is 6.29 Å². The summed E-state index contributed by atoms with van der Waals surface area (Å²) >= 11 is 1.33. The van der Waals surface area contributed by atoms with Gasteiger partial charge in [0, 0.05) is 11.6 Å². The van der Waals surface area contributed by atoms with Gasteiger partial charge in [0.15, 0.2) is 6.29 Å². The Morgan fingerprint density at radius 2 is 2.44 bits per heavy atom. The van der Waals surface area contributed by atoms with Gasteiger partial charge in [-0.1, -0.05) is 0 Å². The minimum Gasteiger partial charge on any atom is -0.364 e. The first-order chi connectivity index (χ1) is 7.69. The van der Waals surface area contributed by atoms with Crippen molar-refractivity contribution in [2.75, 3.05) is 0 Å². The van der Waals surface area contributed by atoms with Gasteiger partial charge in [-0.15, -0.1) is 11.3 Å². The number of carbonyl (C=O) groups excluding carboxylic acids is 2. The molecule has 0 spiro atoms. The molecule has 1 amide bonds. The van der Waals surface area contributed by atoms with Crippen LogP contribution in [-0.4, -0.2) is 27.0 Å². The standard InChI is InChI=1S/C9H8N4O2S/c10-9(15)7-5-16-8(12-7)3-13-2-6(4-14)1-11-13/h1-2,4-5H,3H2,(H2,10,15). The van der Waals surface area contributed by atoms with Crippen molar-refractivity contribution in [1.82, 2.24) is 14.8 Å². The summed E-state index contributed by atoms with van der Waals surface area (Å²) in [6.07, 6.45) is 3.80. The smallest absolute Gasteiger partial charge is 0.268 e. The number of primary amides is 1. The van der Waals surface area contributed by atoms with Crippen LogP contribution in [0.25, 0.3) is 0 Å². The van der Waals surface area contributed by atoms with Crippen LogP contribution in [-0.2, 0) is 6.54 Å². The fourth-order valence-electron chi connectivity index (χ4n) is 1.16. The number of amides is 1. The average molecular weight is 236 g/mol. The average Bonchev–Trinajstić information content (AvgIpc) is 2.87. The zero-order valence-electron chi connectivity index (χ0n) is 8.16. The van der Waals surface area contributed by atoms with Gasteiger partial charge in [0.2, 0.25) is 0 Å². The number of nitrogens with zero attached hydrogens (tertiary/aromatic N) is 3. The fourth-order valence-corrected chi connectivity index (χ4v) is 1.94. The van der Waals surface area contributed by atoms with E-state index in [1.807, 2.05) is 0 Å². The highest BCUT2D eigenvalue weighted by Gasteiger charge is 2.07. The number of rotatable bonds is 4. The predicted molar refractivity (Wildman–Crippen MR) is 57.3 cm³/mol. The number of carbonyl (C=O) groups is 2. The summed E-state index contributed by atoms with van der Waals surface area (Å²) in [5, 5.41) is 6.29. The normalized spacial score (nSPS) is 10.2. The van der Waals surface area contributed by atoms with Gasteiger partial charge < -0.3 is 5.73 Å². The molecular weight excluding hydrogens is 228 g/mol. The van der Waals surface area contributed by atoms with E-state index < -0.39 is 5.91 Å². The largest absolute Gasteiger partial charge is 0.364 e. The van der Waals surface area contributed by atoms with Crippen LogP contribution in [0.2, 0.25) is 0 Å². The first-order valence-electron chi connectivity index (χ1n) is 4.41. The van der Waals surface area contributed by atoms with E-state index in [4.69, 9.17) is 5.73 Å². The SMILES string of the molecule is NC(=O)c1csc(Cn2cc(C=O)cn2)n1. The topological polar surface area (TPSA) is 90.9 Å². The summed E-state index contributed by atoms with van der Waals surface area (Å²) in [6, 6.07) is 0. The maximum absolute atomic E-state index is 10.8. The monoisotopic (exact) mass is 236 g/mol. The van der Waals surface area contributed by atoms with Crippen LogP contribution in [0.5, 0.6) is 0 Å². The zero-order valence-corrected chi connectivity index (χ0v) is 8.98. The van der Waals surface area contributed by atoms with Crippen molar-refractivity contribution in [3.8, 4) is 0 Å². The van der Waals surface area contributed by atoms with Crippen molar-refractivity contribution in [2.45, 2.75) is 6.54 Å². The second-order valence-corrected chi connectivity index (χ2v) is 4.02. The third-order valence-corrected chi connectivity index (χ3v) is 2.72. The van der Waals surface area contributed by atoms with Crippen LogP contribution in [0, 0.1) is 0 Å². The van der Waals surface area contributed by atoms with E-state index >= 15 is 0 Å². The van der Waals surface area contributed by atoms with Crippen molar-refractivity contribution in [1.29, 1.82) is 0 Å². The Kier molecular flexibility index (Phi) is 2.78. The van der Waals surface area contributed by atoms with E-state index in [9.17, 15) is 9.59 Å². The van der Waals surface area contributed by atoms with E-state index in [-0.39, 0.29) is 5.69 Å². The van der Waals surface area contributed by atoms with Gasteiger partial charge in [-0.3, -0.25) is 14.3 Å². The van der Waals surface area contributed by atoms with E-state index in [1.54, 1.807) is 16.3 Å². The number of thiazole rings is 1. The highest BCUT2D eigenvalue weighted by molar-refractivity contribution is 7.09. The molecule has 0 saturated carbocycles. The molecule has 0 bridgehead atoms. The molecule has 6 nitrogen and oxygen atoms in total. The van der Waals surface area contributed by atoms with Crippen molar-refractivity contribution in [3.63, 3.8) is 0 Å². The Balaban J connectivity index is 2.13. The molecule has 2 aromatic heterocycles. The summed E-state index contributed by atoms with van der Waals surface area (Å²) in [5.41, 5.74) is 5.84. The third-order valence-electron chi connectivity index (χ3n) is 1.89. The van der Waals surface area contributed by atoms with E-state index in [0.29, 0.717) is 17.1 Å². The second-order valence-electron chi connectivity index (χ2n) is 3.08. The molecule has 0 aromatic carbocycles. The highest BCUT2D eigenvalue weighted by atomic mass is 32.1. The first kappa shape index (κ1) is 10.5. The summed E-state index contributed by atoms with van der Waals surface area (Å²) in [6.45, 7) is 0.422. The zero-order chi connectivity index (χ0) is 11.5. The van der Waals surface area contributed by atoms with Crippen molar-refractivity contribution in [3.05, 3.63) is 34.0 Å². The molecule has 82 valence electrons. The molecule has 2 N–H and O–H groups in total. The fraction of sp³-hybridized carbons (Fsp3) is 0.111. The van der Waals surface area contributed by atoms with Crippen molar-refractivity contribution in [2.24, 2.45) is 5.73 Å². The molecule has 0 aliphatic rings. The van der Waals surface area contributed by atoms with Crippen LogP contribution in [0.3, 0.4) is 0 Å². The van der Waals surface area contributed by atoms with Crippen LogP contribution in [0.1, 0.15) is 25.9 Å². The van der Waals surface area contributed by atoms with E-state index in [1.165, 1.54) is 17.5 Å². The minimum absolute atomic E-state index is 0.253. The Bertz CT molecular complexity index is 531. The highest BCUT2D eigenvalue weighted by Crippen LogP contribution is 2.10. The molecule has 16 heavy (non-hydrogen) atoms.